The molecule has 2 aromatic rings. The summed E-state index contributed by atoms with van der Waals surface area (Å²) < 4.78 is 0. The van der Waals surface area contributed by atoms with E-state index >= 15 is 0 Å². The quantitative estimate of drug-likeness (QED) is 0.810. The van der Waals surface area contributed by atoms with Crippen LogP contribution in [-0.2, 0) is 17.0 Å². The summed E-state index contributed by atoms with van der Waals surface area (Å²) in [7, 11) is 0. The van der Waals surface area contributed by atoms with Gasteiger partial charge in [0, 0.05) is 15.8 Å². The van der Waals surface area contributed by atoms with Crippen LogP contribution in [0.4, 0.5) is 0 Å². The summed E-state index contributed by atoms with van der Waals surface area (Å²) in [6.45, 7) is 0. The SMILES string of the molecule is O=C(O)C(Cc1ccccc1)SCc1ccc(Cl)cc1Cl. The van der Waals surface area contributed by atoms with Crippen LogP contribution in [0.2, 0.25) is 10.0 Å². The maximum atomic E-state index is 11.4. The molecule has 0 aliphatic carbocycles. The molecule has 0 amide bonds. The molecule has 5 heteroatoms. The summed E-state index contributed by atoms with van der Waals surface area (Å²) in [5.41, 5.74) is 1.91. The standard InChI is InChI=1S/C16H14Cl2O2S/c17-13-7-6-12(14(18)9-13)10-21-15(16(19)20)8-11-4-2-1-3-5-11/h1-7,9,15H,8,10H2,(H,19,20). The molecule has 0 fully saturated rings. The van der Waals surface area contributed by atoms with Crippen LogP contribution < -0.4 is 0 Å². The Kier molecular flexibility index (Phi) is 5.97. The van der Waals surface area contributed by atoms with Gasteiger partial charge in [-0.1, -0.05) is 59.6 Å². The molecule has 0 aromatic heterocycles. The number of carbonyl (C=O) groups is 1. The van der Waals surface area contributed by atoms with Gasteiger partial charge in [0.25, 0.3) is 0 Å². The van der Waals surface area contributed by atoms with Crippen LogP contribution in [0, 0.1) is 0 Å². The molecule has 110 valence electrons. The molecule has 1 unspecified atom stereocenters. The van der Waals surface area contributed by atoms with Gasteiger partial charge in [-0.2, -0.15) is 0 Å². The van der Waals surface area contributed by atoms with Crippen molar-refractivity contribution in [3.63, 3.8) is 0 Å². The number of carboxylic acids is 1. The van der Waals surface area contributed by atoms with Crippen molar-refractivity contribution in [1.82, 2.24) is 0 Å². The Morgan fingerprint density at radius 2 is 1.86 bits per heavy atom. The first kappa shape index (κ1) is 16.2. The summed E-state index contributed by atoms with van der Waals surface area (Å²) in [4.78, 5) is 11.4. The molecule has 0 radical (unpaired) electrons. The van der Waals surface area contributed by atoms with Gasteiger partial charge in [0.2, 0.25) is 0 Å². The van der Waals surface area contributed by atoms with Crippen LogP contribution in [0.3, 0.4) is 0 Å². The lowest BCUT2D eigenvalue weighted by molar-refractivity contribution is -0.136. The minimum atomic E-state index is -0.811. The second-order valence-corrected chi connectivity index (χ2v) is 6.60. The number of benzene rings is 2. The summed E-state index contributed by atoms with van der Waals surface area (Å²) in [6.07, 6.45) is 0.492. The zero-order valence-electron chi connectivity index (χ0n) is 11.1. The molecule has 1 N–H and O–H groups in total. The van der Waals surface area contributed by atoms with Gasteiger partial charge in [-0.15, -0.1) is 11.8 Å². The summed E-state index contributed by atoms with van der Waals surface area (Å²) in [6, 6.07) is 14.9. The van der Waals surface area contributed by atoms with Crippen molar-refractivity contribution in [2.75, 3.05) is 0 Å². The van der Waals surface area contributed by atoms with Crippen LogP contribution in [0.5, 0.6) is 0 Å². The zero-order chi connectivity index (χ0) is 15.2. The Morgan fingerprint density at radius 1 is 1.14 bits per heavy atom. The predicted molar refractivity (Wildman–Crippen MR) is 89.3 cm³/mol. The van der Waals surface area contributed by atoms with Crippen molar-refractivity contribution in [1.29, 1.82) is 0 Å². The highest BCUT2D eigenvalue weighted by molar-refractivity contribution is 7.99. The lowest BCUT2D eigenvalue weighted by atomic mass is 10.1. The van der Waals surface area contributed by atoms with Gasteiger partial charge in [-0.05, 0) is 29.7 Å². The average Bonchev–Trinajstić information content (AvgIpc) is 2.46. The summed E-state index contributed by atoms with van der Waals surface area (Å²) in [5.74, 6) is -0.270. The van der Waals surface area contributed by atoms with E-state index in [2.05, 4.69) is 0 Å². The van der Waals surface area contributed by atoms with Crippen molar-refractivity contribution in [3.8, 4) is 0 Å². The van der Waals surface area contributed by atoms with E-state index in [0.29, 0.717) is 22.2 Å². The third-order valence-corrected chi connectivity index (χ3v) is 4.83. The van der Waals surface area contributed by atoms with Crippen LogP contribution in [0.1, 0.15) is 11.1 Å². The third kappa shape index (κ3) is 4.95. The molecule has 1 atom stereocenters. The molecule has 2 aromatic carbocycles. The topological polar surface area (TPSA) is 37.3 Å². The normalized spacial score (nSPS) is 12.1. The highest BCUT2D eigenvalue weighted by Crippen LogP contribution is 2.27. The van der Waals surface area contributed by atoms with Crippen molar-refractivity contribution < 1.29 is 9.90 Å². The molecule has 0 saturated carbocycles. The smallest absolute Gasteiger partial charge is 0.316 e. The fraction of sp³-hybridized carbons (Fsp3) is 0.188. The highest BCUT2D eigenvalue weighted by atomic mass is 35.5. The molecule has 2 nitrogen and oxygen atoms in total. The molecular weight excluding hydrogens is 327 g/mol. The minimum absolute atomic E-state index is 0.492. The third-order valence-electron chi connectivity index (χ3n) is 2.99. The van der Waals surface area contributed by atoms with E-state index in [9.17, 15) is 9.90 Å². The van der Waals surface area contributed by atoms with Crippen molar-refractivity contribution in [3.05, 3.63) is 69.7 Å². The van der Waals surface area contributed by atoms with E-state index in [0.717, 1.165) is 11.1 Å². The number of hydrogen-bond acceptors (Lipinski definition) is 2. The van der Waals surface area contributed by atoms with E-state index in [-0.39, 0.29) is 0 Å². The van der Waals surface area contributed by atoms with Gasteiger partial charge >= 0.3 is 5.97 Å². The fourth-order valence-corrected chi connectivity index (χ4v) is 3.51. The van der Waals surface area contributed by atoms with Crippen molar-refractivity contribution >= 4 is 40.9 Å². The van der Waals surface area contributed by atoms with Crippen molar-refractivity contribution in [2.24, 2.45) is 0 Å². The lowest BCUT2D eigenvalue weighted by Gasteiger charge is -2.13. The molecule has 0 spiro atoms. The van der Waals surface area contributed by atoms with E-state index in [1.54, 1.807) is 12.1 Å². The average molecular weight is 341 g/mol. The zero-order valence-corrected chi connectivity index (χ0v) is 13.5. The fourth-order valence-electron chi connectivity index (χ4n) is 1.87. The molecule has 0 aliphatic heterocycles. The number of thioether (sulfide) groups is 1. The van der Waals surface area contributed by atoms with Gasteiger partial charge < -0.3 is 5.11 Å². The van der Waals surface area contributed by atoms with Gasteiger partial charge in [0.1, 0.15) is 5.25 Å². The molecular formula is C16H14Cl2O2S. The first-order valence-corrected chi connectivity index (χ1v) is 8.19. The molecule has 21 heavy (non-hydrogen) atoms. The number of halogens is 2. The minimum Gasteiger partial charge on any atom is -0.480 e. The molecule has 0 heterocycles. The van der Waals surface area contributed by atoms with Crippen molar-refractivity contribution in [2.45, 2.75) is 17.4 Å². The first-order chi connectivity index (χ1) is 10.1. The van der Waals surface area contributed by atoms with E-state index < -0.39 is 11.2 Å². The van der Waals surface area contributed by atoms with Gasteiger partial charge in [0.05, 0.1) is 0 Å². The molecule has 0 saturated heterocycles. The number of rotatable bonds is 6. The second kappa shape index (κ2) is 7.74. The number of hydrogen-bond donors (Lipinski definition) is 1. The maximum absolute atomic E-state index is 11.4. The Balaban J connectivity index is 2.02. The maximum Gasteiger partial charge on any atom is 0.316 e. The van der Waals surface area contributed by atoms with Gasteiger partial charge in [0.15, 0.2) is 0 Å². The Bertz CT molecular complexity index is 617. The largest absolute Gasteiger partial charge is 0.480 e. The number of carboxylic acid groups (broad SMARTS) is 1. The van der Waals surface area contributed by atoms with E-state index in [1.165, 1.54) is 11.8 Å². The van der Waals surface area contributed by atoms with Gasteiger partial charge in [-0.3, -0.25) is 4.79 Å². The lowest BCUT2D eigenvalue weighted by Crippen LogP contribution is -2.19. The van der Waals surface area contributed by atoms with Gasteiger partial charge in [-0.25, -0.2) is 0 Å². The number of aliphatic carboxylic acids is 1. The molecule has 0 bridgehead atoms. The summed E-state index contributed by atoms with van der Waals surface area (Å²) in [5, 5.41) is 10.00. The highest BCUT2D eigenvalue weighted by Gasteiger charge is 2.19. The Labute approximate surface area is 138 Å². The monoisotopic (exact) mass is 340 g/mol. The summed E-state index contributed by atoms with van der Waals surface area (Å²) >= 11 is 13.3. The van der Waals surface area contributed by atoms with Crippen LogP contribution in [0.25, 0.3) is 0 Å². The first-order valence-electron chi connectivity index (χ1n) is 6.38. The van der Waals surface area contributed by atoms with E-state index in [4.69, 9.17) is 23.2 Å². The van der Waals surface area contributed by atoms with Crippen LogP contribution in [0.15, 0.2) is 48.5 Å². The predicted octanol–water partition coefficient (Wildman–Crippen LogP) is 4.92. The van der Waals surface area contributed by atoms with E-state index in [1.807, 2.05) is 36.4 Å². The van der Waals surface area contributed by atoms with Crippen LogP contribution in [-0.4, -0.2) is 16.3 Å². The second-order valence-electron chi connectivity index (χ2n) is 4.56. The van der Waals surface area contributed by atoms with Crippen LogP contribution >= 0.6 is 35.0 Å². The molecule has 0 aliphatic rings. The Hall–Kier alpha value is -1.16. The Morgan fingerprint density at radius 3 is 2.48 bits per heavy atom. The molecule has 2 rings (SSSR count).